The molecule has 98 valence electrons. The highest BCUT2D eigenvalue weighted by molar-refractivity contribution is 7.80. The van der Waals surface area contributed by atoms with Crippen molar-refractivity contribution in [1.82, 2.24) is 10.2 Å². The topological polar surface area (TPSA) is 93.0 Å². The minimum Gasteiger partial charge on any atom is -0.496 e. The van der Waals surface area contributed by atoms with E-state index in [0.29, 0.717) is 22.7 Å². The molecular formula is C12H12N4O2S. The molecule has 0 bridgehead atoms. The highest BCUT2D eigenvalue weighted by atomic mass is 32.1. The predicted octanol–water partition coefficient (Wildman–Crippen LogP) is 1.30. The van der Waals surface area contributed by atoms with Crippen LogP contribution < -0.4 is 15.8 Å². The molecule has 19 heavy (non-hydrogen) atoms. The Labute approximate surface area is 115 Å². The zero-order valence-corrected chi connectivity index (χ0v) is 11.0. The standard InChI is InChI=1S/C12H12N4O2S/c1-18-9-5-3-2-4-7(9)12(17)15-11-8(10(13)19)6-14-16-11/h2-6H,1H3,(H2,13,19)(H2,14,15,16,17). The van der Waals surface area contributed by atoms with Crippen LogP contribution in [0.15, 0.2) is 30.5 Å². The molecule has 0 aliphatic rings. The lowest BCUT2D eigenvalue weighted by atomic mass is 10.2. The number of nitrogens with one attached hydrogen (secondary N) is 2. The Morgan fingerprint density at radius 2 is 2.16 bits per heavy atom. The molecule has 2 aromatic rings. The number of hydrogen-bond acceptors (Lipinski definition) is 4. The van der Waals surface area contributed by atoms with E-state index < -0.39 is 0 Å². The molecule has 7 heteroatoms. The van der Waals surface area contributed by atoms with E-state index in [1.54, 1.807) is 24.3 Å². The number of carbonyl (C=O) groups excluding carboxylic acids is 1. The van der Waals surface area contributed by atoms with Crippen LogP contribution in [0.5, 0.6) is 5.75 Å². The van der Waals surface area contributed by atoms with Crippen LogP contribution in [-0.4, -0.2) is 28.2 Å². The summed E-state index contributed by atoms with van der Waals surface area (Å²) < 4.78 is 5.13. The first-order chi connectivity index (χ1) is 9.13. The fourth-order valence-electron chi connectivity index (χ4n) is 1.58. The second-order valence-corrected chi connectivity index (χ2v) is 4.12. The van der Waals surface area contributed by atoms with Crippen LogP contribution in [0.3, 0.4) is 0 Å². The van der Waals surface area contributed by atoms with Gasteiger partial charge in [0.1, 0.15) is 16.6 Å². The van der Waals surface area contributed by atoms with E-state index in [9.17, 15) is 4.79 Å². The second-order valence-electron chi connectivity index (χ2n) is 3.68. The molecule has 0 fully saturated rings. The molecular weight excluding hydrogens is 264 g/mol. The highest BCUT2D eigenvalue weighted by Crippen LogP contribution is 2.19. The van der Waals surface area contributed by atoms with Crippen LogP contribution in [0.4, 0.5) is 5.82 Å². The first-order valence-corrected chi connectivity index (χ1v) is 5.82. The quantitative estimate of drug-likeness (QED) is 0.732. The summed E-state index contributed by atoms with van der Waals surface area (Å²) in [5.41, 5.74) is 6.42. The summed E-state index contributed by atoms with van der Waals surface area (Å²) in [6.45, 7) is 0. The van der Waals surface area contributed by atoms with Crippen molar-refractivity contribution in [2.24, 2.45) is 5.73 Å². The fraction of sp³-hybridized carbons (Fsp3) is 0.0833. The molecule has 0 aliphatic heterocycles. The maximum atomic E-state index is 12.1. The van der Waals surface area contributed by atoms with E-state index in [4.69, 9.17) is 22.7 Å². The number of hydrogen-bond donors (Lipinski definition) is 3. The first-order valence-electron chi connectivity index (χ1n) is 5.41. The van der Waals surface area contributed by atoms with Gasteiger partial charge in [-0.05, 0) is 12.1 Å². The summed E-state index contributed by atoms with van der Waals surface area (Å²) >= 11 is 4.86. The Morgan fingerprint density at radius 1 is 1.42 bits per heavy atom. The van der Waals surface area contributed by atoms with Gasteiger partial charge in [0.25, 0.3) is 5.91 Å². The molecule has 0 saturated carbocycles. The molecule has 0 atom stereocenters. The van der Waals surface area contributed by atoms with Crippen LogP contribution in [-0.2, 0) is 0 Å². The molecule has 1 aromatic heterocycles. The number of amides is 1. The zero-order valence-electron chi connectivity index (χ0n) is 10.1. The molecule has 0 radical (unpaired) electrons. The van der Waals surface area contributed by atoms with Crippen molar-refractivity contribution in [2.75, 3.05) is 12.4 Å². The van der Waals surface area contributed by atoms with Crippen molar-refractivity contribution in [3.8, 4) is 5.75 Å². The Bertz CT molecular complexity index is 624. The number of carbonyl (C=O) groups is 1. The average Bonchev–Trinajstić information content (AvgIpc) is 2.87. The number of rotatable bonds is 4. The third kappa shape index (κ3) is 2.71. The highest BCUT2D eigenvalue weighted by Gasteiger charge is 2.15. The molecule has 0 unspecified atom stereocenters. The molecule has 0 aliphatic carbocycles. The number of para-hydroxylation sites is 1. The van der Waals surface area contributed by atoms with E-state index in [2.05, 4.69) is 15.5 Å². The average molecular weight is 276 g/mol. The number of ether oxygens (including phenoxy) is 1. The van der Waals surface area contributed by atoms with Crippen LogP contribution in [0.2, 0.25) is 0 Å². The molecule has 4 N–H and O–H groups in total. The van der Waals surface area contributed by atoms with E-state index >= 15 is 0 Å². The number of anilines is 1. The van der Waals surface area contributed by atoms with Gasteiger partial charge in [0.2, 0.25) is 0 Å². The third-order valence-corrected chi connectivity index (χ3v) is 2.71. The van der Waals surface area contributed by atoms with Gasteiger partial charge in [0.15, 0.2) is 0 Å². The Kier molecular flexibility index (Phi) is 3.76. The number of nitrogens with two attached hydrogens (primary N) is 1. The van der Waals surface area contributed by atoms with Gasteiger partial charge in [-0.2, -0.15) is 5.10 Å². The molecule has 1 amide bonds. The lowest BCUT2D eigenvalue weighted by molar-refractivity contribution is 0.102. The minimum absolute atomic E-state index is 0.157. The third-order valence-electron chi connectivity index (χ3n) is 2.49. The smallest absolute Gasteiger partial charge is 0.260 e. The van der Waals surface area contributed by atoms with Gasteiger partial charge in [-0.25, -0.2) is 0 Å². The predicted molar refractivity (Wildman–Crippen MR) is 75.4 cm³/mol. The maximum absolute atomic E-state index is 12.1. The van der Waals surface area contributed by atoms with E-state index in [1.807, 2.05) is 0 Å². The number of benzene rings is 1. The maximum Gasteiger partial charge on any atom is 0.260 e. The molecule has 1 aromatic carbocycles. The van der Waals surface area contributed by atoms with E-state index in [0.717, 1.165) is 0 Å². The Morgan fingerprint density at radius 3 is 2.84 bits per heavy atom. The largest absolute Gasteiger partial charge is 0.496 e. The Balaban J connectivity index is 2.26. The monoisotopic (exact) mass is 276 g/mol. The number of H-pyrrole nitrogens is 1. The zero-order chi connectivity index (χ0) is 13.8. The van der Waals surface area contributed by atoms with Gasteiger partial charge in [-0.1, -0.05) is 24.4 Å². The lowest BCUT2D eigenvalue weighted by Gasteiger charge is -2.08. The minimum atomic E-state index is -0.334. The summed E-state index contributed by atoms with van der Waals surface area (Å²) in [5.74, 6) is 0.513. The number of aromatic amines is 1. The molecule has 6 nitrogen and oxygen atoms in total. The molecule has 0 spiro atoms. The van der Waals surface area contributed by atoms with Crippen LogP contribution in [0.1, 0.15) is 15.9 Å². The number of thiocarbonyl (C=S) groups is 1. The summed E-state index contributed by atoms with van der Waals surface area (Å²) in [5, 5.41) is 9.09. The molecule has 0 saturated heterocycles. The van der Waals surface area contributed by atoms with E-state index in [-0.39, 0.29) is 10.9 Å². The first kappa shape index (κ1) is 13.0. The van der Waals surface area contributed by atoms with Crippen molar-refractivity contribution in [2.45, 2.75) is 0 Å². The number of nitrogens with zero attached hydrogens (tertiary/aromatic N) is 1. The number of methoxy groups -OCH3 is 1. The van der Waals surface area contributed by atoms with Crippen molar-refractivity contribution < 1.29 is 9.53 Å². The van der Waals surface area contributed by atoms with Crippen LogP contribution in [0.25, 0.3) is 0 Å². The molecule has 2 rings (SSSR count). The van der Waals surface area contributed by atoms with E-state index in [1.165, 1.54) is 13.3 Å². The van der Waals surface area contributed by atoms with Crippen molar-refractivity contribution in [3.05, 3.63) is 41.6 Å². The van der Waals surface area contributed by atoms with Gasteiger partial charge < -0.3 is 15.8 Å². The summed E-state index contributed by atoms with van der Waals surface area (Å²) in [6.07, 6.45) is 1.46. The van der Waals surface area contributed by atoms with Crippen molar-refractivity contribution in [1.29, 1.82) is 0 Å². The summed E-state index contributed by atoms with van der Waals surface area (Å²) in [7, 11) is 1.50. The van der Waals surface area contributed by atoms with Gasteiger partial charge >= 0.3 is 0 Å². The fourth-order valence-corrected chi connectivity index (χ4v) is 1.74. The van der Waals surface area contributed by atoms with Crippen molar-refractivity contribution in [3.63, 3.8) is 0 Å². The molecule has 1 heterocycles. The van der Waals surface area contributed by atoms with Crippen LogP contribution >= 0.6 is 12.2 Å². The number of aromatic nitrogens is 2. The Hall–Kier alpha value is -2.41. The van der Waals surface area contributed by atoms with Gasteiger partial charge in [-0.15, -0.1) is 0 Å². The summed E-state index contributed by atoms with van der Waals surface area (Å²) in [4.78, 5) is 12.3. The van der Waals surface area contributed by atoms with Crippen molar-refractivity contribution >= 4 is 28.9 Å². The second kappa shape index (κ2) is 5.49. The van der Waals surface area contributed by atoms with Gasteiger partial charge in [-0.3, -0.25) is 9.89 Å². The van der Waals surface area contributed by atoms with Crippen LogP contribution in [0, 0.1) is 0 Å². The van der Waals surface area contributed by atoms with Gasteiger partial charge in [0, 0.05) is 0 Å². The lowest BCUT2D eigenvalue weighted by Crippen LogP contribution is -2.17. The summed E-state index contributed by atoms with van der Waals surface area (Å²) in [6, 6.07) is 6.90. The normalized spacial score (nSPS) is 9.95. The SMILES string of the molecule is COc1ccccc1C(=O)Nc1[nH]ncc1C(N)=S. The van der Waals surface area contributed by atoms with Gasteiger partial charge in [0.05, 0.1) is 24.4 Å².